The predicted octanol–water partition coefficient (Wildman–Crippen LogP) is 4.52. The number of aliphatic carboxylic acids is 1. The van der Waals surface area contributed by atoms with Crippen LogP contribution >= 0.6 is 23.2 Å². The number of allylic oxidation sites excluding steroid dienone is 1. The Labute approximate surface area is 143 Å². The zero-order valence-electron chi connectivity index (χ0n) is 11.8. The minimum absolute atomic E-state index is 0.272. The molecule has 0 spiro atoms. The molecule has 0 saturated heterocycles. The number of ether oxygens (including phenoxy) is 1. The highest BCUT2D eigenvalue weighted by molar-refractivity contribution is 6.32. The van der Waals surface area contributed by atoms with Gasteiger partial charge in [0.25, 0.3) is 0 Å². The summed E-state index contributed by atoms with van der Waals surface area (Å²) in [4.78, 5) is 10.5. The van der Waals surface area contributed by atoms with Crippen LogP contribution in [0.4, 0.5) is 0 Å². The van der Waals surface area contributed by atoms with Gasteiger partial charge in [-0.3, -0.25) is 0 Å². The highest BCUT2D eigenvalue weighted by atomic mass is 35.5. The molecule has 1 N–H and O–H groups in total. The lowest BCUT2D eigenvalue weighted by Gasteiger charge is -2.06. The third kappa shape index (κ3) is 4.75. The van der Waals surface area contributed by atoms with Crippen molar-refractivity contribution in [2.24, 2.45) is 0 Å². The molecule has 2 rings (SSSR count). The molecule has 23 heavy (non-hydrogen) atoms. The molecule has 6 heteroatoms. The predicted molar refractivity (Wildman–Crippen MR) is 89.5 cm³/mol. The molecule has 116 valence electrons. The fraction of sp³-hybridized carbons (Fsp3) is 0.0588. The van der Waals surface area contributed by atoms with Crippen LogP contribution in [0.15, 0.2) is 42.5 Å². The van der Waals surface area contributed by atoms with Gasteiger partial charge in [0.1, 0.15) is 5.75 Å². The van der Waals surface area contributed by atoms with E-state index in [1.165, 1.54) is 0 Å². The highest BCUT2D eigenvalue weighted by Gasteiger charge is 2.06. The lowest BCUT2D eigenvalue weighted by molar-refractivity contribution is -0.139. The topological polar surface area (TPSA) is 70.3 Å². The molecule has 0 fully saturated rings. The summed E-state index contributed by atoms with van der Waals surface area (Å²) in [6.45, 7) is -0.469. The maximum atomic E-state index is 10.5. The van der Waals surface area contributed by atoms with Gasteiger partial charge in [-0.05, 0) is 41.5 Å². The molecule has 2 aromatic rings. The molecule has 0 amide bonds. The molecule has 0 aliphatic rings. The third-order valence-corrected chi connectivity index (χ3v) is 3.44. The van der Waals surface area contributed by atoms with Crippen LogP contribution in [-0.4, -0.2) is 17.7 Å². The first kappa shape index (κ1) is 16.9. The standard InChI is InChI=1S/C17H11Cl2NO3/c18-14-4-2-12(3-5-14)13(9-20)7-11-1-6-16(15(19)8-11)23-10-17(21)22/h1-8H,10H2,(H,21,22)/b13-7-. The molecule has 0 saturated carbocycles. The van der Waals surface area contributed by atoms with Crippen molar-refractivity contribution in [2.45, 2.75) is 0 Å². The quantitative estimate of drug-likeness (QED) is 0.637. The summed E-state index contributed by atoms with van der Waals surface area (Å²) in [7, 11) is 0. The van der Waals surface area contributed by atoms with E-state index < -0.39 is 12.6 Å². The summed E-state index contributed by atoms with van der Waals surface area (Å²) in [5.41, 5.74) is 1.89. The first-order chi connectivity index (χ1) is 11.0. The van der Waals surface area contributed by atoms with Crippen molar-refractivity contribution in [3.63, 3.8) is 0 Å². The van der Waals surface area contributed by atoms with E-state index in [2.05, 4.69) is 6.07 Å². The highest BCUT2D eigenvalue weighted by Crippen LogP contribution is 2.27. The van der Waals surface area contributed by atoms with Gasteiger partial charge in [0.15, 0.2) is 6.61 Å². The minimum atomic E-state index is -1.08. The zero-order valence-corrected chi connectivity index (χ0v) is 13.3. The number of carbonyl (C=O) groups is 1. The van der Waals surface area contributed by atoms with Gasteiger partial charge in [0.05, 0.1) is 16.7 Å². The molecule has 0 aliphatic carbocycles. The van der Waals surface area contributed by atoms with E-state index in [4.69, 9.17) is 33.0 Å². The van der Waals surface area contributed by atoms with Gasteiger partial charge in [-0.2, -0.15) is 5.26 Å². The van der Waals surface area contributed by atoms with Crippen LogP contribution in [-0.2, 0) is 4.79 Å². The van der Waals surface area contributed by atoms with Gasteiger partial charge in [0.2, 0.25) is 0 Å². The normalized spacial score (nSPS) is 10.9. The van der Waals surface area contributed by atoms with E-state index in [1.807, 2.05) is 0 Å². The first-order valence-electron chi connectivity index (χ1n) is 6.51. The van der Waals surface area contributed by atoms with Crippen LogP contribution in [0.3, 0.4) is 0 Å². The lowest BCUT2D eigenvalue weighted by atomic mass is 10.0. The summed E-state index contributed by atoms with van der Waals surface area (Å²) in [6.07, 6.45) is 1.68. The molecule has 4 nitrogen and oxygen atoms in total. The fourth-order valence-corrected chi connectivity index (χ4v) is 2.21. The molecular weight excluding hydrogens is 337 g/mol. The summed E-state index contributed by atoms with van der Waals surface area (Å²) in [5, 5.41) is 18.8. The Hall–Kier alpha value is -2.48. The van der Waals surface area contributed by atoms with Crippen LogP contribution in [0.2, 0.25) is 10.0 Å². The van der Waals surface area contributed by atoms with Crippen molar-refractivity contribution < 1.29 is 14.6 Å². The fourth-order valence-electron chi connectivity index (χ4n) is 1.84. The first-order valence-corrected chi connectivity index (χ1v) is 7.27. The number of hydrogen-bond donors (Lipinski definition) is 1. The monoisotopic (exact) mass is 347 g/mol. The second-order valence-electron chi connectivity index (χ2n) is 4.55. The molecule has 2 aromatic carbocycles. The second-order valence-corrected chi connectivity index (χ2v) is 5.39. The van der Waals surface area contributed by atoms with Crippen LogP contribution in [0.25, 0.3) is 11.6 Å². The number of carboxylic acids is 1. The Bertz CT molecular complexity index is 792. The van der Waals surface area contributed by atoms with E-state index in [1.54, 1.807) is 48.5 Å². The Morgan fingerprint density at radius 1 is 1.22 bits per heavy atom. The van der Waals surface area contributed by atoms with Crippen LogP contribution in [0.1, 0.15) is 11.1 Å². The number of benzene rings is 2. The zero-order chi connectivity index (χ0) is 16.8. The van der Waals surface area contributed by atoms with E-state index in [0.717, 1.165) is 5.56 Å². The Morgan fingerprint density at radius 3 is 2.48 bits per heavy atom. The van der Waals surface area contributed by atoms with Crippen LogP contribution in [0.5, 0.6) is 5.75 Å². The average molecular weight is 348 g/mol. The second kappa shape index (κ2) is 7.68. The van der Waals surface area contributed by atoms with Crippen molar-refractivity contribution in [3.8, 4) is 11.8 Å². The summed E-state index contributed by atoms with van der Waals surface area (Å²) in [5.74, 6) is -0.809. The Balaban J connectivity index is 2.27. The number of hydrogen-bond acceptors (Lipinski definition) is 3. The van der Waals surface area contributed by atoms with Crippen molar-refractivity contribution in [2.75, 3.05) is 6.61 Å². The van der Waals surface area contributed by atoms with Gasteiger partial charge < -0.3 is 9.84 Å². The molecule has 0 aromatic heterocycles. The largest absolute Gasteiger partial charge is 0.480 e. The van der Waals surface area contributed by atoms with Crippen LogP contribution < -0.4 is 4.74 Å². The number of carboxylic acid groups (broad SMARTS) is 1. The molecular formula is C17H11Cl2NO3. The number of halogens is 2. The molecule has 0 aliphatic heterocycles. The SMILES string of the molecule is N#C/C(=C/c1ccc(OCC(=O)O)c(Cl)c1)c1ccc(Cl)cc1. The van der Waals surface area contributed by atoms with Crippen molar-refractivity contribution in [1.82, 2.24) is 0 Å². The van der Waals surface area contributed by atoms with E-state index in [-0.39, 0.29) is 10.8 Å². The van der Waals surface area contributed by atoms with Gasteiger partial charge in [0, 0.05) is 5.02 Å². The Kier molecular flexibility index (Phi) is 5.64. The summed E-state index contributed by atoms with van der Waals surface area (Å²) < 4.78 is 5.05. The van der Waals surface area contributed by atoms with Crippen LogP contribution in [0, 0.1) is 11.3 Å². The van der Waals surface area contributed by atoms with Gasteiger partial charge in [-0.1, -0.05) is 41.4 Å². The van der Waals surface area contributed by atoms with E-state index in [9.17, 15) is 10.1 Å². The van der Waals surface area contributed by atoms with Crippen molar-refractivity contribution >= 4 is 40.8 Å². The molecule has 0 unspecified atom stereocenters. The minimum Gasteiger partial charge on any atom is -0.480 e. The molecule has 0 bridgehead atoms. The number of nitriles is 1. The van der Waals surface area contributed by atoms with E-state index in [0.29, 0.717) is 16.2 Å². The van der Waals surface area contributed by atoms with Crippen molar-refractivity contribution in [3.05, 3.63) is 63.6 Å². The molecule has 0 atom stereocenters. The third-order valence-electron chi connectivity index (χ3n) is 2.89. The van der Waals surface area contributed by atoms with E-state index >= 15 is 0 Å². The molecule has 0 radical (unpaired) electrons. The summed E-state index contributed by atoms with van der Waals surface area (Å²) >= 11 is 11.9. The van der Waals surface area contributed by atoms with Crippen molar-refractivity contribution in [1.29, 1.82) is 5.26 Å². The Morgan fingerprint density at radius 2 is 1.91 bits per heavy atom. The van der Waals surface area contributed by atoms with Gasteiger partial charge >= 0.3 is 5.97 Å². The van der Waals surface area contributed by atoms with Gasteiger partial charge in [-0.15, -0.1) is 0 Å². The molecule has 0 heterocycles. The maximum Gasteiger partial charge on any atom is 0.341 e. The maximum absolute atomic E-state index is 10.5. The number of rotatable bonds is 5. The number of nitrogens with zero attached hydrogens (tertiary/aromatic N) is 1. The smallest absolute Gasteiger partial charge is 0.341 e. The average Bonchev–Trinajstić information content (AvgIpc) is 2.52. The lowest BCUT2D eigenvalue weighted by Crippen LogP contribution is -2.09. The van der Waals surface area contributed by atoms with Gasteiger partial charge in [-0.25, -0.2) is 4.79 Å². The summed E-state index contributed by atoms with van der Waals surface area (Å²) in [6, 6.07) is 13.9.